The van der Waals surface area contributed by atoms with Gasteiger partial charge in [0.15, 0.2) is 0 Å². The average molecular weight is 285 g/mol. The average Bonchev–Trinajstić information content (AvgIpc) is 2.45. The summed E-state index contributed by atoms with van der Waals surface area (Å²) in [7, 11) is -3.03. The smallest absolute Gasteiger partial charge is 0.214 e. The molecule has 1 unspecified atom stereocenters. The SMILES string of the molecule is CCCC(C)CS(=O)(=O)N1CCCNCC1.Cl. The summed E-state index contributed by atoms with van der Waals surface area (Å²) in [5.74, 6) is 0.576. The second-order valence-electron chi connectivity index (χ2n) is 4.68. The second kappa shape index (κ2) is 8.29. The van der Waals surface area contributed by atoms with Crippen LogP contribution in [0.15, 0.2) is 0 Å². The molecule has 1 aliphatic rings. The predicted molar refractivity (Wildman–Crippen MR) is 74.2 cm³/mol. The minimum atomic E-state index is -3.03. The van der Waals surface area contributed by atoms with Crippen molar-refractivity contribution >= 4 is 22.4 Å². The van der Waals surface area contributed by atoms with Crippen molar-refractivity contribution in [2.24, 2.45) is 5.92 Å². The van der Waals surface area contributed by atoms with Gasteiger partial charge < -0.3 is 5.32 Å². The van der Waals surface area contributed by atoms with Crippen molar-refractivity contribution in [3.63, 3.8) is 0 Å². The fourth-order valence-corrected chi connectivity index (χ4v) is 4.01. The van der Waals surface area contributed by atoms with E-state index < -0.39 is 10.0 Å². The number of halogens is 1. The van der Waals surface area contributed by atoms with Gasteiger partial charge in [0.1, 0.15) is 0 Å². The molecule has 1 fully saturated rings. The first-order valence-electron chi connectivity index (χ1n) is 6.25. The molecule has 1 aliphatic heterocycles. The largest absolute Gasteiger partial charge is 0.315 e. The van der Waals surface area contributed by atoms with E-state index in [4.69, 9.17) is 0 Å². The lowest BCUT2D eigenvalue weighted by atomic mass is 10.1. The Balaban J connectivity index is 0.00000256. The molecular weight excluding hydrogens is 260 g/mol. The van der Waals surface area contributed by atoms with Gasteiger partial charge in [-0.2, -0.15) is 0 Å². The van der Waals surface area contributed by atoms with Crippen molar-refractivity contribution < 1.29 is 8.42 Å². The molecule has 0 spiro atoms. The molecule has 1 saturated heterocycles. The van der Waals surface area contributed by atoms with Gasteiger partial charge in [-0.1, -0.05) is 20.3 Å². The Morgan fingerprint density at radius 2 is 2.00 bits per heavy atom. The monoisotopic (exact) mass is 284 g/mol. The normalized spacial score (nSPS) is 20.4. The summed E-state index contributed by atoms with van der Waals surface area (Å²) in [6.45, 7) is 7.13. The molecule has 6 heteroatoms. The van der Waals surface area contributed by atoms with Crippen LogP contribution in [-0.4, -0.2) is 44.7 Å². The first kappa shape index (κ1) is 17.2. The summed E-state index contributed by atoms with van der Waals surface area (Å²) in [6.07, 6.45) is 2.96. The molecule has 0 aromatic rings. The zero-order valence-corrected chi connectivity index (χ0v) is 12.4. The van der Waals surface area contributed by atoms with Crippen LogP contribution in [0.3, 0.4) is 0 Å². The van der Waals surface area contributed by atoms with Gasteiger partial charge in [-0.15, -0.1) is 12.4 Å². The quantitative estimate of drug-likeness (QED) is 0.832. The maximum atomic E-state index is 12.1. The van der Waals surface area contributed by atoms with E-state index in [1.54, 1.807) is 4.31 Å². The lowest BCUT2D eigenvalue weighted by Gasteiger charge is -2.21. The zero-order valence-electron chi connectivity index (χ0n) is 10.8. The maximum Gasteiger partial charge on any atom is 0.214 e. The van der Waals surface area contributed by atoms with Crippen LogP contribution in [0.2, 0.25) is 0 Å². The van der Waals surface area contributed by atoms with Crippen molar-refractivity contribution in [3.8, 4) is 0 Å². The molecule has 1 heterocycles. The van der Waals surface area contributed by atoms with Gasteiger partial charge in [0, 0.05) is 19.6 Å². The van der Waals surface area contributed by atoms with Crippen molar-refractivity contribution in [3.05, 3.63) is 0 Å². The van der Waals surface area contributed by atoms with Crippen LogP contribution in [0.25, 0.3) is 0 Å². The van der Waals surface area contributed by atoms with Crippen LogP contribution in [-0.2, 0) is 10.0 Å². The van der Waals surface area contributed by atoms with Crippen LogP contribution >= 0.6 is 12.4 Å². The standard InChI is InChI=1S/C11H24N2O2S.ClH/c1-3-5-11(2)10-16(14,15)13-8-4-6-12-7-9-13;/h11-12H,3-10H2,1-2H3;1H. The minimum Gasteiger partial charge on any atom is -0.315 e. The van der Waals surface area contributed by atoms with Crippen molar-refractivity contribution in [2.45, 2.75) is 33.1 Å². The molecule has 1 atom stereocenters. The van der Waals surface area contributed by atoms with E-state index >= 15 is 0 Å². The highest BCUT2D eigenvalue weighted by molar-refractivity contribution is 7.89. The first-order chi connectivity index (χ1) is 7.56. The Morgan fingerprint density at radius 3 is 2.65 bits per heavy atom. The summed E-state index contributed by atoms with van der Waals surface area (Å²) in [5, 5.41) is 3.22. The van der Waals surface area contributed by atoms with Crippen LogP contribution in [0, 0.1) is 5.92 Å². The third-order valence-corrected chi connectivity index (χ3v) is 5.11. The number of hydrogen-bond acceptors (Lipinski definition) is 3. The number of hydrogen-bond donors (Lipinski definition) is 1. The summed E-state index contributed by atoms with van der Waals surface area (Å²) >= 11 is 0. The second-order valence-corrected chi connectivity index (χ2v) is 6.69. The third-order valence-electron chi connectivity index (χ3n) is 2.97. The van der Waals surface area contributed by atoms with Crippen molar-refractivity contribution in [1.29, 1.82) is 0 Å². The number of nitrogens with one attached hydrogen (secondary N) is 1. The molecule has 0 aromatic heterocycles. The van der Waals surface area contributed by atoms with E-state index in [1.165, 1.54) is 0 Å². The van der Waals surface area contributed by atoms with Gasteiger partial charge in [0.05, 0.1) is 5.75 Å². The summed E-state index contributed by atoms with van der Waals surface area (Å²) in [4.78, 5) is 0. The van der Waals surface area contributed by atoms with Gasteiger partial charge in [0.25, 0.3) is 0 Å². The van der Waals surface area contributed by atoms with Crippen molar-refractivity contribution in [1.82, 2.24) is 9.62 Å². The zero-order chi connectivity index (χ0) is 12.0. The topological polar surface area (TPSA) is 49.4 Å². The number of rotatable bonds is 5. The van der Waals surface area contributed by atoms with Crippen molar-refractivity contribution in [2.75, 3.05) is 31.9 Å². The molecule has 0 saturated carbocycles. The Labute approximate surface area is 112 Å². The van der Waals surface area contributed by atoms with Crippen LogP contribution < -0.4 is 5.32 Å². The van der Waals surface area contributed by atoms with Gasteiger partial charge in [-0.05, 0) is 25.3 Å². The predicted octanol–water partition coefficient (Wildman–Crippen LogP) is 1.47. The molecule has 0 aromatic carbocycles. The summed E-state index contributed by atoms with van der Waals surface area (Å²) < 4.78 is 25.9. The molecular formula is C11H25ClN2O2S. The Bertz CT molecular complexity index is 288. The molecule has 4 nitrogen and oxygen atoms in total. The Kier molecular flexibility index (Phi) is 8.37. The minimum absolute atomic E-state index is 0. The van der Waals surface area contributed by atoms with Crippen LogP contribution in [0.5, 0.6) is 0 Å². The van der Waals surface area contributed by atoms with Crippen LogP contribution in [0.1, 0.15) is 33.1 Å². The van der Waals surface area contributed by atoms with E-state index in [1.807, 2.05) is 6.92 Å². The number of nitrogens with zero attached hydrogens (tertiary/aromatic N) is 1. The molecule has 0 aliphatic carbocycles. The lowest BCUT2D eigenvalue weighted by Crippen LogP contribution is -2.37. The molecule has 104 valence electrons. The number of sulfonamides is 1. The van der Waals surface area contributed by atoms with E-state index in [-0.39, 0.29) is 18.3 Å². The molecule has 1 N–H and O–H groups in total. The third kappa shape index (κ3) is 6.04. The fourth-order valence-electron chi connectivity index (χ4n) is 2.14. The van der Waals surface area contributed by atoms with Crippen LogP contribution in [0.4, 0.5) is 0 Å². The summed E-state index contributed by atoms with van der Waals surface area (Å²) in [6, 6.07) is 0. The fraction of sp³-hybridized carbons (Fsp3) is 1.00. The van der Waals surface area contributed by atoms with Gasteiger partial charge >= 0.3 is 0 Å². The van der Waals surface area contributed by atoms with E-state index in [0.29, 0.717) is 18.8 Å². The van der Waals surface area contributed by atoms with Gasteiger partial charge in [0.2, 0.25) is 10.0 Å². The van der Waals surface area contributed by atoms with E-state index in [0.717, 1.165) is 32.4 Å². The molecule has 17 heavy (non-hydrogen) atoms. The maximum absolute atomic E-state index is 12.1. The Hall–Kier alpha value is 0.160. The van der Waals surface area contributed by atoms with E-state index in [2.05, 4.69) is 12.2 Å². The molecule has 0 radical (unpaired) electrons. The van der Waals surface area contributed by atoms with Gasteiger partial charge in [-0.25, -0.2) is 12.7 Å². The highest BCUT2D eigenvalue weighted by atomic mass is 35.5. The first-order valence-corrected chi connectivity index (χ1v) is 7.85. The highest BCUT2D eigenvalue weighted by Gasteiger charge is 2.24. The highest BCUT2D eigenvalue weighted by Crippen LogP contribution is 2.13. The van der Waals surface area contributed by atoms with Gasteiger partial charge in [-0.3, -0.25) is 0 Å². The molecule has 0 amide bonds. The summed E-state index contributed by atoms with van der Waals surface area (Å²) in [5.41, 5.74) is 0. The molecule has 1 rings (SSSR count). The van der Waals surface area contributed by atoms with E-state index in [9.17, 15) is 8.42 Å². The lowest BCUT2D eigenvalue weighted by molar-refractivity contribution is 0.422. The molecule has 0 bridgehead atoms. The Morgan fingerprint density at radius 1 is 1.29 bits per heavy atom.